The third-order valence-corrected chi connectivity index (χ3v) is 4.45. The van der Waals surface area contributed by atoms with Crippen molar-refractivity contribution in [3.8, 4) is 5.69 Å². The quantitative estimate of drug-likeness (QED) is 0.889. The monoisotopic (exact) mass is 341 g/mol. The number of nitrogens with one attached hydrogen (secondary N) is 1. The Kier molecular flexibility index (Phi) is 5.02. The molecule has 132 valence electrons. The van der Waals surface area contributed by atoms with Gasteiger partial charge in [-0.15, -0.1) is 0 Å². The average Bonchev–Trinajstić information content (AvgIpc) is 3.08. The van der Waals surface area contributed by atoms with Crippen LogP contribution in [0.4, 0.5) is 4.79 Å². The van der Waals surface area contributed by atoms with Crippen molar-refractivity contribution in [2.45, 2.75) is 25.7 Å². The van der Waals surface area contributed by atoms with Gasteiger partial charge >= 0.3 is 6.03 Å². The maximum atomic E-state index is 12.1. The normalized spacial score (nSPS) is 17.3. The number of urea groups is 1. The van der Waals surface area contributed by atoms with Gasteiger partial charge in [0.15, 0.2) is 0 Å². The Morgan fingerprint density at radius 3 is 2.76 bits per heavy atom. The molecule has 0 bridgehead atoms. The fraction of sp³-hybridized carbons (Fsp3) is 0.389. The molecule has 7 nitrogen and oxygen atoms in total. The van der Waals surface area contributed by atoms with Crippen molar-refractivity contribution in [3.05, 3.63) is 47.8 Å². The number of nitrogens with two attached hydrogens (primary N) is 1. The van der Waals surface area contributed by atoms with Crippen molar-refractivity contribution < 1.29 is 9.59 Å². The van der Waals surface area contributed by atoms with Crippen molar-refractivity contribution in [3.63, 3.8) is 0 Å². The average molecular weight is 341 g/mol. The van der Waals surface area contributed by atoms with Crippen LogP contribution in [-0.4, -0.2) is 46.3 Å². The van der Waals surface area contributed by atoms with E-state index in [-0.39, 0.29) is 11.9 Å². The molecule has 3 amide bonds. The Morgan fingerprint density at radius 1 is 1.32 bits per heavy atom. The smallest absolute Gasteiger partial charge is 0.317 e. The van der Waals surface area contributed by atoms with Crippen molar-refractivity contribution in [1.29, 1.82) is 0 Å². The number of aromatic nitrogens is 2. The summed E-state index contributed by atoms with van der Waals surface area (Å²) in [7, 11) is 0. The second kappa shape index (κ2) is 7.38. The minimum Gasteiger partial charge on any atom is -0.365 e. The van der Waals surface area contributed by atoms with Gasteiger partial charge in [-0.05, 0) is 31.9 Å². The van der Waals surface area contributed by atoms with E-state index in [1.165, 1.54) is 0 Å². The van der Waals surface area contributed by atoms with Crippen LogP contribution in [0.2, 0.25) is 0 Å². The Morgan fingerprint density at radius 2 is 2.08 bits per heavy atom. The topological polar surface area (TPSA) is 93.2 Å². The minimum absolute atomic E-state index is 0.00354. The second-order valence-corrected chi connectivity index (χ2v) is 6.19. The summed E-state index contributed by atoms with van der Waals surface area (Å²) in [5.41, 5.74) is 7.53. The van der Waals surface area contributed by atoms with Gasteiger partial charge in [-0.1, -0.05) is 18.2 Å². The highest BCUT2D eigenvalue weighted by Gasteiger charge is 2.29. The number of para-hydroxylation sites is 1. The summed E-state index contributed by atoms with van der Waals surface area (Å²) in [5, 5.41) is 7.45. The van der Waals surface area contributed by atoms with Crippen LogP contribution in [0, 0.1) is 0 Å². The molecule has 1 aliphatic heterocycles. The van der Waals surface area contributed by atoms with Gasteiger partial charge in [0.05, 0.1) is 16.9 Å². The summed E-state index contributed by atoms with van der Waals surface area (Å²) in [5.74, 6) is -0.490. The van der Waals surface area contributed by atoms with Gasteiger partial charge in [-0.25, -0.2) is 9.48 Å². The van der Waals surface area contributed by atoms with Gasteiger partial charge in [-0.3, -0.25) is 4.79 Å². The molecule has 3 rings (SSSR count). The van der Waals surface area contributed by atoms with Crippen LogP contribution in [0.25, 0.3) is 5.69 Å². The van der Waals surface area contributed by atoms with E-state index in [1.54, 1.807) is 15.8 Å². The van der Waals surface area contributed by atoms with Gasteiger partial charge in [0.25, 0.3) is 5.91 Å². The van der Waals surface area contributed by atoms with E-state index in [4.69, 9.17) is 5.73 Å². The number of primary amides is 1. The predicted octanol–water partition coefficient (Wildman–Crippen LogP) is 1.88. The Labute approximate surface area is 146 Å². The first-order valence-electron chi connectivity index (χ1n) is 8.57. The van der Waals surface area contributed by atoms with Crippen molar-refractivity contribution in [2.24, 2.45) is 5.73 Å². The fourth-order valence-corrected chi connectivity index (χ4v) is 3.24. The molecule has 2 aromatic rings. The molecule has 1 atom stereocenters. The number of nitrogens with zero attached hydrogens (tertiary/aromatic N) is 3. The van der Waals surface area contributed by atoms with Crippen LogP contribution in [-0.2, 0) is 0 Å². The molecule has 25 heavy (non-hydrogen) atoms. The van der Waals surface area contributed by atoms with Gasteiger partial charge in [0.2, 0.25) is 0 Å². The Balaban J connectivity index is 1.89. The van der Waals surface area contributed by atoms with Gasteiger partial charge < -0.3 is 16.0 Å². The molecular weight excluding hydrogens is 318 g/mol. The van der Waals surface area contributed by atoms with E-state index in [1.807, 2.05) is 37.3 Å². The molecule has 1 saturated heterocycles. The summed E-state index contributed by atoms with van der Waals surface area (Å²) >= 11 is 0. The van der Waals surface area contributed by atoms with E-state index >= 15 is 0 Å². The molecular formula is C18H23N5O2. The number of likely N-dealkylation sites (tertiary alicyclic amines) is 1. The summed E-state index contributed by atoms with van der Waals surface area (Å²) in [6.45, 7) is 3.74. The van der Waals surface area contributed by atoms with Gasteiger partial charge in [0.1, 0.15) is 0 Å². The van der Waals surface area contributed by atoms with Crippen LogP contribution in [0.15, 0.2) is 36.5 Å². The highest BCUT2D eigenvalue weighted by molar-refractivity contribution is 5.94. The van der Waals surface area contributed by atoms with Crippen LogP contribution >= 0.6 is 0 Å². The van der Waals surface area contributed by atoms with Crippen LogP contribution in [0.1, 0.15) is 41.7 Å². The zero-order valence-electron chi connectivity index (χ0n) is 14.3. The first kappa shape index (κ1) is 17.0. The second-order valence-electron chi connectivity index (χ2n) is 6.19. The van der Waals surface area contributed by atoms with Crippen LogP contribution in [0.3, 0.4) is 0 Å². The number of hydrogen-bond acceptors (Lipinski definition) is 3. The van der Waals surface area contributed by atoms with E-state index in [0.29, 0.717) is 30.9 Å². The number of benzene rings is 1. The minimum atomic E-state index is -0.493. The number of rotatable bonds is 4. The lowest BCUT2D eigenvalue weighted by atomic mass is 9.92. The van der Waals surface area contributed by atoms with E-state index in [0.717, 1.165) is 18.5 Å². The number of carbonyl (C=O) groups excluding carboxylic acids is 2. The standard InChI is InChI=1S/C18H23N5O2/c1-2-20-18(25)22-10-6-7-13(11-22)16-15(17(19)24)12-23(21-16)14-8-4-3-5-9-14/h3-5,8-9,12-13H,2,6-7,10-11H2,1H3,(H2,19,24)(H,20,25). The maximum Gasteiger partial charge on any atom is 0.317 e. The Bertz CT molecular complexity index is 756. The van der Waals surface area contributed by atoms with Crippen LogP contribution < -0.4 is 11.1 Å². The molecule has 0 spiro atoms. The number of carbonyl (C=O) groups is 2. The lowest BCUT2D eigenvalue weighted by Gasteiger charge is -2.32. The molecule has 1 fully saturated rings. The summed E-state index contributed by atoms with van der Waals surface area (Å²) in [6, 6.07) is 9.52. The van der Waals surface area contributed by atoms with Crippen LogP contribution in [0.5, 0.6) is 0 Å². The lowest BCUT2D eigenvalue weighted by molar-refractivity contribution is 0.0998. The summed E-state index contributed by atoms with van der Waals surface area (Å²) in [4.78, 5) is 25.8. The van der Waals surface area contributed by atoms with E-state index in [2.05, 4.69) is 10.4 Å². The molecule has 0 radical (unpaired) electrons. The SMILES string of the molecule is CCNC(=O)N1CCCC(c2nn(-c3ccccc3)cc2C(N)=O)C1. The first-order chi connectivity index (χ1) is 12.1. The fourth-order valence-electron chi connectivity index (χ4n) is 3.24. The zero-order valence-corrected chi connectivity index (χ0v) is 14.3. The lowest BCUT2D eigenvalue weighted by Crippen LogP contribution is -2.45. The van der Waals surface area contributed by atoms with Gasteiger partial charge in [0, 0.05) is 31.7 Å². The molecule has 1 unspecified atom stereocenters. The van der Waals surface area contributed by atoms with Crippen molar-refractivity contribution in [1.82, 2.24) is 20.0 Å². The largest absolute Gasteiger partial charge is 0.365 e. The third kappa shape index (κ3) is 3.65. The van der Waals surface area contributed by atoms with Crippen molar-refractivity contribution >= 4 is 11.9 Å². The van der Waals surface area contributed by atoms with E-state index in [9.17, 15) is 9.59 Å². The number of amides is 3. The molecule has 0 aliphatic carbocycles. The molecule has 1 aromatic heterocycles. The van der Waals surface area contributed by atoms with Crippen molar-refractivity contribution in [2.75, 3.05) is 19.6 Å². The Hall–Kier alpha value is -2.83. The predicted molar refractivity (Wildman–Crippen MR) is 94.7 cm³/mol. The summed E-state index contributed by atoms with van der Waals surface area (Å²) < 4.78 is 1.68. The molecule has 3 N–H and O–H groups in total. The van der Waals surface area contributed by atoms with E-state index < -0.39 is 5.91 Å². The highest BCUT2D eigenvalue weighted by Crippen LogP contribution is 2.29. The maximum absolute atomic E-state index is 12.1. The molecule has 0 saturated carbocycles. The third-order valence-electron chi connectivity index (χ3n) is 4.45. The zero-order chi connectivity index (χ0) is 17.8. The molecule has 1 aliphatic rings. The molecule has 2 heterocycles. The summed E-state index contributed by atoms with van der Waals surface area (Å²) in [6.07, 6.45) is 3.43. The van der Waals surface area contributed by atoms with Gasteiger partial charge in [-0.2, -0.15) is 5.10 Å². The highest BCUT2D eigenvalue weighted by atomic mass is 16.2. The molecule has 7 heteroatoms. The number of piperidine rings is 1. The molecule has 1 aromatic carbocycles. The number of hydrogen-bond donors (Lipinski definition) is 2. The first-order valence-corrected chi connectivity index (χ1v) is 8.57.